The molecule has 0 fully saturated rings. The highest BCUT2D eigenvalue weighted by Crippen LogP contribution is 2.29. The Bertz CT molecular complexity index is 406. The van der Waals surface area contributed by atoms with Gasteiger partial charge in [0.25, 0.3) is 0 Å². The number of hydrogen-bond acceptors (Lipinski definition) is 3. The van der Waals surface area contributed by atoms with E-state index in [0.717, 1.165) is 12.1 Å². The van der Waals surface area contributed by atoms with Crippen LogP contribution in [0.5, 0.6) is 0 Å². The third-order valence-corrected chi connectivity index (χ3v) is 3.48. The Kier molecular flexibility index (Phi) is 5.98. The average molecular weight is 290 g/mol. The molecule has 114 valence electrons. The third-order valence-electron chi connectivity index (χ3n) is 3.48. The van der Waals surface area contributed by atoms with Crippen molar-refractivity contribution in [1.29, 1.82) is 0 Å². The molecule has 0 aromatic heterocycles. The van der Waals surface area contributed by atoms with Gasteiger partial charge in [0.15, 0.2) is 0 Å². The molecule has 0 saturated carbocycles. The van der Waals surface area contributed by atoms with Gasteiger partial charge in [-0.05, 0) is 30.5 Å². The van der Waals surface area contributed by atoms with Crippen LogP contribution in [0.15, 0.2) is 24.3 Å². The highest BCUT2D eigenvalue weighted by Gasteiger charge is 2.30. The van der Waals surface area contributed by atoms with E-state index >= 15 is 0 Å². The Morgan fingerprint density at radius 2 is 1.75 bits per heavy atom. The number of alkyl halides is 3. The molecule has 3 unspecified atom stereocenters. The standard InChI is InChI=1S/C14H21F3N2O/c1-9(8-20)10(2)19-13(7-18)11-3-5-12(6-4-11)14(15,16)17/h3-6,9-10,13,19-20H,7-8,18H2,1-2H3. The summed E-state index contributed by atoms with van der Waals surface area (Å²) in [5.74, 6) is 0.0403. The van der Waals surface area contributed by atoms with E-state index in [4.69, 9.17) is 10.8 Å². The molecule has 3 atom stereocenters. The fraction of sp³-hybridized carbons (Fsp3) is 0.571. The van der Waals surface area contributed by atoms with Crippen LogP contribution < -0.4 is 11.1 Å². The highest BCUT2D eigenvalue weighted by atomic mass is 19.4. The summed E-state index contributed by atoms with van der Waals surface area (Å²) in [6.07, 6.45) is -4.33. The first-order chi connectivity index (χ1) is 9.29. The summed E-state index contributed by atoms with van der Waals surface area (Å²) in [6, 6.07) is 4.75. The van der Waals surface area contributed by atoms with Crippen LogP contribution in [0.4, 0.5) is 13.2 Å². The molecule has 20 heavy (non-hydrogen) atoms. The molecule has 1 aromatic rings. The van der Waals surface area contributed by atoms with Gasteiger partial charge >= 0.3 is 6.18 Å². The average Bonchev–Trinajstić information content (AvgIpc) is 2.42. The van der Waals surface area contributed by atoms with E-state index in [9.17, 15) is 13.2 Å². The molecule has 0 saturated heterocycles. The van der Waals surface area contributed by atoms with Gasteiger partial charge in [-0.2, -0.15) is 13.2 Å². The second-order valence-electron chi connectivity index (χ2n) is 5.02. The molecular formula is C14H21F3N2O. The summed E-state index contributed by atoms with van der Waals surface area (Å²) in [5, 5.41) is 12.3. The summed E-state index contributed by atoms with van der Waals surface area (Å²) in [5.41, 5.74) is 5.70. The van der Waals surface area contributed by atoms with Crippen LogP contribution in [0.2, 0.25) is 0 Å². The Balaban J connectivity index is 2.80. The van der Waals surface area contributed by atoms with Crippen LogP contribution >= 0.6 is 0 Å². The van der Waals surface area contributed by atoms with E-state index in [1.807, 2.05) is 13.8 Å². The fourth-order valence-electron chi connectivity index (χ4n) is 1.84. The van der Waals surface area contributed by atoms with Crippen molar-refractivity contribution in [3.63, 3.8) is 0 Å². The lowest BCUT2D eigenvalue weighted by atomic mass is 10.00. The number of aliphatic hydroxyl groups is 1. The minimum atomic E-state index is -4.33. The van der Waals surface area contributed by atoms with Gasteiger partial charge in [0.2, 0.25) is 0 Å². The molecule has 0 aliphatic rings. The second-order valence-corrected chi connectivity index (χ2v) is 5.02. The zero-order valence-electron chi connectivity index (χ0n) is 11.6. The molecule has 1 aromatic carbocycles. The van der Waals surface area contributed by atoms with Gasteiger partial charge in [-0.1, -0.05) is 19.1 Å². The minimum absolute atomic E-state index is 0.0100. The number of nitrogens with one attached hydrogen (secondary N) is 1. The molecule has 0 aliphatic carbocycles. The first-order valence-electron chi connectivity index (χ1n) is 6.53. The number of hydrogen-bond donors (Lipinski definition) is 3. The molecule has 0 amide bonds. The number of halogens is 3. The molecule has 3 nitrogen and oxygen atoms in total. The molecule has 0 radical (unpaired) electrons. The van der Waals surface area contributed by atoms with E-state index in [1.165, 1.54) is 12.1 Å². The Morgan fingerprint density at radius 3 is 2.15 bits per heavy atom. The summed E-state index contributed by atoms with van der Waals surface area (Å²) >= 11 is 0. The lowest BCUT2D eigenvalue weighted by Gasteiger charge is -2.26. The van der Waals surface area contributed by atoms with Crippen LogP contribution in [0.1, 0.15) is 31.0 Å². The second kappa shape index (κ2) is 7.06. The maximum absolute atomic E-state index is 12.5. The maximum atomic E-state index is 12.5. The van der Waals surface area contributed by atoms with E-state index in [-0.39, 0.29) is 31.2 Å². The first-order valence-corrected chi connectivity index (χ1v) is 6.53. The molecule has 0 spiro atoms. The zero-order chi connectivity index (χ0) is 15.3. The van der Waals surface area contributed by atoms with Crippen molar-refractivity contribution < 1.29 is 18.3 Å². The fourth-order valence-corrected chi connectivity index (χ4v) is 1.84. The summed E-state index contributed by atoms with van der Waals surface area (Å²) in [6.45, 7) is 4.11. The van der Waals surface area contributed by atoms with Gasteiger partial charge in [0, 0.05) is 25.2 Å². The third kappa shape index (κ3) is 4.47. The lowest BCUT2D eigenvalue weighted by Crippen LogP contribution is -2.39. The van der Waals surface area contributed by atoms with Gasteiger partial charge in [0.1, 0.15) is 0 Å². The van der Waals surface area contributed by atoms with Crippen molar-refractivity contribution in [3.8, 4) is 0 Å². The molecule has 4 N–H and O–H groups in total. The Hall–Kier alpha value is -1.11. The van der Waals surface area contributed by atoms with Crippen molar-refractivity contribution in [1.82, 2.24) is 5.32 Å². The van der Waals surface area contributed by atoms with Gasteiger partial charge in [-0.3, -0.25) is 0 Å². The van der Waals surface area contributed by atoms with Crippen molar-refractivity contribution in [2.45, 2.75) is 32.1 Å². The van der Waals surface area contributed by atoms with E-state index < -0.39 is 11.7 Å². The highest BCUT2D eigenvalue weighted by molar-refractivity contribution is 5.27. The quantitative estimate of drug-likeness (QED) is 0.753. The predicted octanol–water partition coefficient (Wildman–Crippen LogP) is 2.31. The lowest BCUT2D eigenvalue weighted by molar-refractivity contribution is -0.137. The molecule has 1 rings (SSSR count). The van der Waals surface area contributed by atoms with Gasteiger partial charge in [0.05, 0.1) is 5.56 Å². The number of benzene rings is 1. The minimum Gasteiger partial charge on any atom is -0.396 e. The summed E-state index contributed by atoms with van der Waals surface area (Å²) in [4.78, 5) is 0. The van der Waals surface area contributed by atoms with Crippen molar-refractivity contribution >= 4 is 0 Å². The van der Waals surface area contributed by atoms with Gasteiger partial charge < -0.3 is 16.2 Å². The van der Waals surface area contributed by atoms with E-state index in [1.54, 1.807) is 0 Å². The monoisotopic (exact) mass is 290 g/mol. The SMILES string of the molecule is CC(CO)C(C)NC(CN)c1ccc(C(F)(F)F)cc1. The maximum Gasteiger partial charge on any atom is 0.416 e. The van der Waals surface area contributed by atoms with Crippen molar-refractivity contribution in [3.05, 3.63) is 35.4 Å². The molecular weight excluding hydrogens is 269 g/mol. The summed E-state index contributed by atoms with van der Waals surface area (Å²) < 4.78 is 37.5. The van der Waals surface area contributed by atoms with Crippen molar-refractivity contribution in [2.75, 3.05) is 13.2 Å². The number of aliphatic hydroxyl groups excluding tert-OH is 1. The number of nitrogens with two attached hydrogens (primary N) is 1. The molecule has 0 aliphatic heterocycles. The Labute approximate surface area is 117 Å². The van der Waals surface area contributed by atoms with E-state index in [2.05, 4.69) is 5.32 Å². The molecule has 0 bridgehead atoms. The van der Waals surface area contributed by atoms with Crippen LogP contribution in [-0.4, -0.2) is 24.3 Å². The Morgan fingerprint density at radius 1 is 1.20 bits per heavy atom. The van der Waals surface area contributed by atoms with Gasteiger partial charge in [-0.15, -0.1) is 0 Å². The topological polar surface area (TPSA) is 58.3 Å². The molecule has 0 heterocycles. The van der Waals surface area contributed by atoms with Crippen LogP contribution in [0, 0.1) is 5.92 Å². The number of rotatable bonds is 6. The zero-order valence-corrected chi connectivity index (χ0v) is 11.6. The predicted molar refractivity (Wildman–Crippen MR) is 72.1 cm³/mol. The van der Waals surface area contributed by atoms with Crippen LogP contribution in [0.3, 0.4) is 0 Å². The summed E-state index contributed by atoms with van der Waals surface area (Å²) in [7, 11) is 0. The van der Waals surface area contributed by atoms with E-state index in [0.29, 0.717) is 5.56 Å². The normalized spacial score (nSPS) is 16.8. The van der Waals surface area contributed by atoms with Crippen molar-refractivity contribution in [2.24, 2.45) is 11.7 Å². The van der Waals surface area contributed by atoms with Crippen LogP contribution in [0.25, 0.3) is 0 Å². The molecule has 6 heteroatoms. The largest absolute Gasteiger partial charge is 0.416 e. The van der Waals surface area contributed by atoms with Crippen LogP contribution in [-0.2, 0) is 6.18 Å². The van der Waals surface area contributed by atoms with Gasteiger partial charge in [-0.25, -0.2) is 0 Å². The smallest absolute Gasteiger partial charge is 0.396 e. The first kappa shape index (κ1) is 16.9.